The summed E-state index contributed by atoms with van der Waals surface area (Å²) in [5.74, 6) is 1.22. The number of nitrogens with zero attached hydrogens (tertiary/aromatic N) is 3. The molecule has 6 nitrogen and oxygen atoms in total. The lowest BCUT2D eigenvalue weighted by Crippen LogP contribution is -2.43. The van der Waals surface area contributed by atoms with Crippen LogP contribution >= 0.6 is 0 Å². The number of nitrogens with one attached hydrogen (secondary N) is 1. The maximum absolute atomic E-state index is 10.2. The quantitative estimate of drug-likeness (QED) is 0.771. The van der Waals surface area contributed by atoms with Crippen LogP contribution in [0, 0.1) is 6.92 Å². The van der Waals surface area contributed by atoms with Crippen molar-refractivity contribution in [3.8, 4) is 5.88 Å². The second-order valence-electron chi connectivity index (χ2n) is 4.94. The fourth-order valence-corrected chi connectivity index (χ4v) is 1.83. The molecule has 0 aromatic carbocycles. The van der Waals surface area contributed by atoms with Gasteiger partial charge in [-0.25, -0.2) is 9.97 Å². The fourth-order valence-electron chi connectivity index (χ4n) is 1.83. The van der Waals surface area contributed by atoms with E-state index < -0.39 is 5.60 Å². The van der Waals surface area contributed by atoms with Crippen LogP contribution < -0.4 is 10.1 Å². The minimum atomic E-state index is -0.825. The summed E-state index contributed by atoms with van der Waals surface area (Å²) in [4.78, 5) is 10.1. The van der Waals surface area contributed by atoms with Crippen LogP contribution in [0.25, 0.3) is 0 Å². The number of hydrogen-bond donors (Lipinski definition) is 2. The second-order valence-corrected chi connectivity index (χ2v) is 4.94. The van der Waals surface area contributed by atoms with Gasteiger partial charge >= 0.3 is 0 Å². The highest BCUT2D eigenvalue weighted by Gasteiger charge is 2.21. The molecule has 1 aromatic heterocycles. The van der Waals surface area contributed by atoms with Crippen LogP contribution in [0.2, 0.25) is 0 Å². The third-order valence-corrected chi connectivity index (χ3v) is 2.52. The van der Waals surface area contributed by atoms with Gasteiger partial charge in [0.15, 0.2) is 0 Å². The van der Waals surface area contributed by atoms with Gasteiger partial charge in [-0.05, 0) is 27.9 Å². The zero-order valence-corrected chi connectivity index (χ0v) is 11.7. The average Bonchev–Trinajstić information content (AvgIpc) is 2.26. The summed E-state index contributed by atoms with van der Waals surface area (Å²) in [6, 6.07) is 0. The van der Waals surface area contributed by atoms with Gasteiger partial charge in [-0.3, -0.25) is 0 Å². The number of aromatic nitrogens is 2. The van der Waals surface area contributed by atoms with Gasteiger partial charge in [0.1, 0.15) is 12.1 Å². The van der Waals surface area contributed by atoms with Gasteiger partial charge in [0.05, 0.1) is 18.3 Å². The molecule has 1 unspecified atom stereocenters. The Morgan fingerprint density at radius 3 is 2.67 bits per heavy atom. The number of likely N-dealkylation sites (N-methyl/N-ethyl adjacent to an activating group) is 1. The molecule has 1 atom stereocenters. The maximum Gasteiger partial charge on any atom is 0.221 e. The Bertz CT molecular complexity index is 394. The second kappa shape index (κ2) is 5.97. The Morgan fingerprint density at radius 2 is 2.11 bits per heavy atom. The minimum Gasteiger partial charge on any atom is -0.481 e. The number of methoxy groups -OCH3 is 1. The lowest BCUT2D eigenvalue weighted by atomic mass is 10.1. The summed E-state index contributed by atoms with van der Waals surface area (Å²) in [6.07, 6.45) is 1.44. The van der Waals surface area contributed by atoms with Gasteiger partial charge in [0.2, 0.25) is 5.88 Å². The first-order valence-corrected chi connectivity index (χ1v) is 5.82. The van der Waals surface area contributed by atoms with E-state index in [1.807, 2.05) is 25.9 Å². The molecule has 102 valence electrons. The van der Waals surface area contributed by atoms with Crippen molar-refractivity contribution in [2.24, 2.45) is 0 Å². The van der Waals surface area contributed by atoms with Crippen molar-refractivity contribution >= 4 is 5.82 Å². The topological polar surface area (TPSA) is 70.5 Å². The van der Waals surface area contributed by atoms with Crippen LogP contribution in [0.15, 0.2) is 6.33 Å². The fraction of sp³-hybridized carbons (Fsp3) is 0.667. The molecule has 1 rings (SSSR count). The Kier molecular flexibility index (Phi) is 4.86. The average molecular weight is 254 g/mol. The summed E-state index contributed by atoms with van der Waals surface area (Å²) in [7, 11) is 5.42. The number of ether oxygens (including phenoxy) is 1. The molecule has 0 amide bonds. The van der Waals surface area contributed by atoms with E-state index >= 15 is 0 Å². The molecule has 18 heavy (non-hydrogen) atoms. The van der Waals surface area contributed by atoms with Crippen LogP contribution in [-0.4, -0.2) is 59.9 Å². The van der Waals surface area contributed by atoms with E-state index in [4.69, 9.17) is 4.74 Å². The lowest BCUT2D eigenvalue weighted by Gasteiger charge is -2.27. The molecule has 0 aliphatic heterocycles. The first-order valence-electron chi connectivity index (χ1n) is 5.82. The Balaban J connectivity index is 2.69. The summed E-state index contributed by atoms with van der Waals surface area (Å²) >= 11 is 0. The molecule has 6 heteroatoms. The predicted octanol–water partition coefficient (Wildman–Crippen LogP) is 0.518. The molecule has 1 heterocycles. The van der Waals surface area contributed by atoms with Gasteiger partial charge < -0.3 is 20.1 Å². The molecule has 0 aliphatic rings. The number of anilines is 1. The van der Waals surface area contributed by atoms with Crippen LogP contribution in [0.1, 0.15) is 12.5 Å². The molecule has 1 aromatic rings. The standard InChI is InChI=1S/C12H22N4O2/c1-9-10(14-8-15-11(9)18-5)13-6-12(2,17)7-16(3)4/h8,17H,6-7H2,1-5H3,(H,13,14,15). The third-order valence-electron chi connectivity index (χ3n) is 2.52. The van der Waals surface area contributed by atoms with Crippen molar-refractivity contribution in [3.05, 3.63) is 11.9 Å². The van der Waals surface area contributed by atoms with Crippen LogP contribution in [-0.2, 0) is 0 Å². The molecule has 0 saturated heterocycles. The van der Waals surface area contributed by atoms with Crippen molar-refractivity contribution in [1.29, 1.82) is 0 Å². The van der Waals surface area contributed by atoms with Crippen LogP contribution in [0.5, 0.6) is 5.88 Å². The normalized spacial score (nSPS) is 14.4. The van der Waals surface area contributed by atoms with Crippen LogP contribution in [0.4, 0.5) is 5.82 Å². The third kappa shape index (κ3) is 4.12. The summed E-state index contributed by atoms with van der Waals surface area (Å²) in [5, 5.41) is 13.3. The van der Waals surface area contributed by atoms with E-state index in [2.05, 4.69) is 15.3 Å². The molecule has 0 bridgehead atoms. The Morgan fingerprint density at radius 1 is 1.44 bits per heavy atom. The molecule has 0 aliphatic carbocycles. The summed E-state index contributed by atoms with van der Waals surface area (Å²) in [5.41, 5.74) is 0.00867. The van der Waals surface area contributed by atoms with E-state index in [0.717, 1.165) is 5.56 Å². The summed E-state index contributed by atoms with van der Waals surface area (Å²) < 4.78 is 5.12. The number of aliphatic hydroxyl groups is 1. The zero-order valence-electron chi connectivity index (χ0n) is 11.7. The van der Waals surface area contributed by atoms with Crippen molar-refractivity contribution < 1.29 is 9.84 Å². The van der Waals surface area contributed by atoms with E-state index in [1.165, 1.54) is 6.33 Å². The lowest BCUT2D eigenvalue weighted by molar-refractivity contribution is 0.0459. The number of rotatable bonds is 6. The molecular weight excluding hydrogens is 232 g/mol. The highest BCUT2D eigenvalue weighted by Crippen LogP contribution is 2.20. The predicted molar refractivity (Wildman–Crippen MR) is 71.0 cm³/mol. The zero-order chi connectivity index (χ0) is 13.8. The molecule has 0 spiro atoms. The van der Waals surface area contributed by atoms with Crippen molar-refractivity contribution in [1.82, 2.24) is 14.9 Å². The smallest absolute Gasteiger partial charge is 0.221 e. The monoisotopic (exact) mass is 254 g/mol. The molecule has 2 N–H and O–H groups in total. The van der Waals surface area contributed by atoms with Gasteiger partial charge in [-0.15, -0.1) is 0 Å². The molecular formula is C12H22N4O2. The van der Waals surface area contributed by atoms with Crippen LogP contribution in [0.3, 0.4) is 0 Å². The highest BCUT2D eigenvalue weighted by molar-refractivity contribution is 5.47. The Labute approximate surface area is 108 Å². The Hall–Kier alpha value is -1.40. The largest absolute Gasteiger partial charge is 0.481 e. The highest BCUT2D eigenvalue weighted by atomic mass is 16.5. The van der Waals surface area contributed by atoms with Crippen molar-refractivity contribution in [2.75, 3.05) is 39.6 Å². The van der Waals surface area contributed by atoms with E-state index in [-0.39, 0.29) is 0 Å². The van der Waals surface area contributed by atoms with Crippen molar-refractivity contribution in [2.45, 2.75) is 19.4 Å². The number of hydrogen-bond acceptors (Lipinski definition) is 6. The molecule has 0 fully saturated rings. The SMILES string of the molecule is COc1ncnc(NCC(C)(O)CN(C)C)c1C. The first-order chi connectivity index (χ1) is 8.35. The summed E-state index contributed by atoms with van der Waals surface area (Å²) in [6.45, 7) is 4.64. The van der Waals surface area contributed by atoms with E-state index in [9.17, 15) is 5.11 Å². The molecule has 0 radical (unpaired) electrons. The van der Waals surface area contributed by atoms with Gasteiger partial charge in [0.25, 0.3) is 0 Å². The van der Waals surface area contributed by atoms with Gasteiger partial charge in [-0.1, -0.05) is 0 Å². The van der Waals surface area contributed by atoms with Gasteiger partial charge in [-0.2, -0.15) is 0 Å². The van der Waals surface area contributed by atoms with E-state index in [1.54, 1.807) is 14.0 Å². The van der Waals surface area contributed by atoms with Gasteiger partial charge in [0, 0.05) is 13.1 Å². The molecule has 0 saturated carbocycles. The van der Waals surface area contributed by atoms with E-state index in [0.29, 0.717) is 24.8 Å². The maximum atomic E-state index is 10.2. The first kappa shape index (κ1) is 14.7. The minimum absolute atomic E-state index is 0.409. The van der Waals surface area contributed by atoms with Crippen molar-refractivity contribution in [3.63, 3.8) is 0 Å².